The van der Waals surface area contributed by atoms with Gasteiger partial charge in [0.15, 0.2) is 5.16 Å². The van der Waals surface area contributed by atoms with Gasteiger partial charge in [-0.2, -0.15) is 0 Å². The van der Waals surface area contributed by atoms with Gasteiger partial charge in [0.25, 0.3) is 0 Å². The Kier molecular flexibility index (Phi) is 5.01. The first-order valence-electron chi connectivity index (χ1n) is 6.86. The van der Waals surface area contributed by atoms with Crippen LogP contribution in [-0.4, -0.2) is 26.4 Å². The lowest BCUT2D eigenvalue weighted by molar-refractivity contribution is -0.113. The first kappa shape index (κ1) is 15.6. The van der Waals surface area contributed by atoms with E-state index in [0.29, 0.717) is 5.75 Å². The minimum Gasteiger partial charge on any atom is -0.325 e. The van der Waals surface area contributed by atoms with Crippen LogP contribution in [-0.2, 0) is 4.79 Å². The van der Waals surface area contributed by atoms with Crippen molar-refractivity contribution in [2.75, 3.05) is 11.1 Å². The van der Waals surface area contributed by atoms with Crippen molar-refractivity contribution in [3.05, 3.63) is 35.7 Å². The molecule has 2 rings (SSSR count). The Balaban J connectivity index is 1.94. The molecule has 21 heavy (non-hydrogen) atoms. The van der Waals surface area contributed by atoms with Crippen LogP contribution in [0.2, 0.25) is 0 Å². The third kappa shape index (κ3) is 4.32. The number of benzene rings is 1. The number of thioether (sulfide) groups is 1. The van der Waals surface area contributed by atoms with Gasteiger partial charge < -0.3 is 9.88 Å². The van der Waals surface area contributed by atoms with Crippen molar-refractivity contribution in [1.82, 2.24) is 14.8 Å². The molecule has 0 aliphatic heterocycles. The second kappa shape index (κ2) is 6.76. The zero-order valence-electron chi connectivity index (χ0n) is 12.8. The maximum absolute atomic E-state index is 12.0. The van der Waals surface area contributed by atoms with Crippen LogP contribution in [0.1, 0.15) is 31.0 Å². The first-order valence-corrected chi connectivity index (χ1v) is 7.84. The molecule has 1 heterocycles. The Morgan fingerprint density at radius 3 is 2.57 bits per heavy atom. The molecule has 0 saturated heterocycles. The number of rotatable bonds is 5. The number of amides is 1. The molecule has 1 amide bonds. The van der Waals surface area contributed by atoms with Crippen molar-refractivity contribution in [2.45, 2.75) is 38.9 Å². The molecular weight excluding hydrogens is 284 g/mol. The number of nitrogens with one attached hydrogen (secondary N) is 1. The van der Waals surface area contributed by atoms with E-state index in [4.69, 9.17) is 0 Å². The summed E-state index contributed by atoms with van der Waals surface area (Å²) in [6.45, 7) is 8.15. The van der Waals surface area contributed by atoms with Gasteiger partial charge >= 0.3 is 0 Å². The summed E-state index contributed by atoms with van der Waals surface area (Å²) in [5.74, 6) is 0.279. The average molecular weight is 304 g/mol. The lowest BCUT2D eigenvalue weighted by Gasteiger charge is -2.10. The molecule has 1 aromatic carbocycles. The second-order valence-corrected chi connectivity index (χ2v) is 6.27. The number of aromatic nitrogens is 3. The second-order valence-electron chi connectivity index (χ2n) is 5.33. The van der Waals surface area contributed by atoms with Crippen molar-refractivity contribution < 1.29 is 4.79 Å². The zero-order chi connectivity index (χ0) is 15.4. The summed E-state index contributed by atoms with van der Waals surface area (Å²) < 4.78 is 1.95. The fourth-order valence-electron chi connectivity index (χ4n) is 2.06. The van der Waals surface area contributed by atoms with Crippen LogP contribution in [0.5, 0.6) is 0 Å². The van der Waals surface area contributed by atoms with E-state index in [1.807, 2.05) is 30.5 Å². The number of carbonyl (C=O) groups is 1. The minimum absolute atomic E-state index is 0.0386. The van der Waals surface area contributed by atoms with Gasteiger partial charge in [-0.05, 0) is 51.0 Å². The highest BCUT2D eigenvalue weighted by Crippen LogP contribution is 2.19. The summed E-state index contributed by atoms with van der Waals surface area (Å²) in [4.78, 5) is 12.0. The molecule has 0 unspecified atom stereocenters. The molecular formula is C15H20N4OS. The molecule has 0 radical (unpaired) electrons. The fraction of sp³-hybridized carbons (Fsp3) is 0.400. The van der Waals surface area contributed by atoms with Crippen LogP contribution in [0.25, 0.3) is 0 Å². The summed E-state index contributed by atoms with van der Waals surface area (Å²) in [7, 11) is 0. The molecule has 0 saturated carbocycles. The lowest BCUT2D eigenvalue weighted by Crippen LogP contribution is -2.15. The van der Waals surface area contributed by atoms with Gasteiger partial charge in [0, 0.05) is 11.7 Å². The highest BCUT2D eigenvalue weighted by atomic mass is 32.2. The van der Waals surface area contributed by atoms with E-state index in [2.05, 4.69) is 35.4 Å². The maximum Gasteiger partial charge on any atom is 0.234 e. The first-order chi connectivity index (χ1) is 9.95. The Bertz CT molecular complexity index is 616. The lowest BCUT2D eigenvalue weighted by atomic mass is 10.1. The molecule has 2 aromatic rings. The normalized spacial score (nSPS) is 10.9. The van der Waals surface area contributed by atoms with Crippen molar-refractivity contribution >= 4 is 23.4 Å². The average Bonchev–Trinajstić information content (AvgIpc) is 2.83. The van der Waals surface area contributed by atoms with Gasteiger partial charge in [-0.1, -0.05) is 17.8 Å². The predicted molar refractivity (Wildman–Crippen MR) is 85.7 cm³/mol. The highest BCUT2D eigenvalue weighted by molar-refractivity contribution is 7.99. The molecule has 5 nitrogen and oxygen atoms in total. The van der Waals surface area contributed by atoms with E-state index in [1.54, 1.807) is 6.33 Å². The van der Waals surface area contributed by atoms with E-state index in [0.717, 1.165) is 22.0 Å². The Morgan fingerprint density at radius 1 is 1.29 bits per heavy atom. The molecule has 1 N–H and O–H groups in total. The van der Waals surface area contributed by atoms with E-state index in [-0.39, 0.29) is 11.9 Å². The van der Waals surface area contributed by atoms with Crippen molar-refractivity contribution in [2.24, 2.45) is 0 Å². The number of hydrogen-bond donors (Lipinski definition) is 1. The van der Waals surface area contributed by atoms with E-state index in [9.17, 15) is 4.79 Å². The van der Waals surface area contributed by atoms with Crippen molar-refractivity contribution in [1.29, 1.82) is 0 Å². The Morgan fingerprint density at radius 2 is 1.95 bits per heavy atom. The van der Waals surface area contributed by atoms with Gasteiger partial charge in [0.2, 0.25) is 5.91 Å². The Labute approximate surface area is 129 Å². The van der Waals surface area contributed by atoms with Crippen LogP contribution < -0.4 is 5.32 Å². The van der Waals surface area contributed by atoms with Gasteiger partial charge in [-0.15, -0.1) is 10.2 Å². The SMILES string of the molecule is Cc1cc(C)cc(NC(=O)CSc2nncn2C(C)C)c1. The number of hydrogen-bond acceptors (Lipinski definition) is 4. The largest absolute Gasteiger partial charge is 0.325 e. The smallest absolute Gasteiger partial charge is 0.234 e. The number of carbonyl (C=O) groups excluding carboxylic acids is 1. The number of nitrogens with zero attached hydrogens (tertiary/aromatic N) is 3. The summed E-state index contributed by atoms with van der Waals surface area (Å²) in [6.07, 6.45) is 1.69. The molecule has 0 spiro atoms. The quantitative estimate of drug-likeness (QED) is 0.862. The van der Waals surface area contributed by atoms with E-state index >= 15 is 0 Å². The van der Waals surface area contributed by atoms with E-state index in [1.165, 1.54) is 11.8 Å². The third-order valence-corrected chi connectivity index (χ3v) is 3.89. The summed E-state index contributed by atoms with van der Waals surface area (Å²) >= 11 is 1.40. The van der Waals surface area contributed by atoms with E-state index < -0.39 is 0 Å². The van der Waals surface area contributed by atoms with Gasteiger partial charge in [-0.25, -0.2) is 0 Å². The van der Waals surface area contributed by atoms with Crippen LogP contribution >= 0.6 is 11.8 Å². The molecule has 0 atom stereocenters. The molecule has 1 aromatic heterocycles. The monoisotopic (exact) mass is 304 g/mol. The molecule has 0 fully saturated rings. The van der Waals surface area contributed by atoms with Gasteiger partial charge in [0.05, 0.1) is 5.75 Å². The molecule has 112 valence electrons. The predicted octanol–water partition coefficient (Wildman–Crippen LogP) is 3.21. The molecule has 0 aliphatic carbocycles. The molecule has 0 bridgehead atoms. The molecule has 0 aliphatic rings. The third-order valence-electron chi connectivity index (χ3n) is 2.93. The summed E-state index contributed by atoms with van der Waals surface area (Å²) in [5.41, 5.74) is 3.11. The molecule has 6 heteroatoms. The van der Waals surface area contributed by atoms with Gasteiger partial charge in [-0.3, -0.25) is 4.79 Å². The van der Waals surface area contributed by atoms with Crippen molar-refractivity contribution in [3.8, 4) is 0 Å². The fourth-order valence-corrected chi connectivity index (χ4v) is 2.91. The standard InChI is InChI=1S/C15H20N4OS/c1-10(2)19-9-16-18-15(19)21-8-14(20)17-13-6-11(3)5-12(4)7-13/h5-7,9-10H,8H2,1-4H3,(H,17,20). The Hall–Kier alpha value is -1.82. The van der Waals surface area contributed by atoms with Crippen LogP contribution in [0.4, 0.5) is 5.69 Å². The van der Waals surface area contributed by atoms with Crippen LogP contribution in [0, 0.1) is 13.8 Å². The van der Waals surface area contributed by atoms with Crippen LogP contribution in [0.3, 0.4) is 0 Å². The number of anilines is 1. The highest BCUT2D eigenvalue weighted by Gasteiger charge is 2.11. The zero-order valence-corrected chi connectivity index (χ0v) is 13.6. The topological polar surface area (TPSA) is 59.8 Å². The number of aryl methyl sites for hydroxylation is 2. The maximum atomic E-state index is 12.0. The van der Waals surface area contributed by atoms with Crippen molar-refractivity contribution in [3.63, 3.8) is 0 Å². The summed E-state index contributed by atoms with van der Waals surface area (Å²) in [5, 5.41) is 11.6. The minimum atomic E-state index is -0.0386. The summed E-state index contributed by atoms with van der Waals surface area (Å²) in [6, 6.07) is 6.29. The van der Waals surface area contributed by atoms with Gasteiger partial charge in [0.1, 0.15) is 6.33 Å². The van der Waals surface area contributed by atoms with Crippen LogP contribution in [0.15, 0.2) is 29.7 Å².